The van der Waals surface area contributed by atoms with Gasteiger partial charge in [0.15, 0.2) is 0 Å². The molecule has 2 heterocycles. The molecular formula is C15H22N4O2. The summed E-state index contributed by atoms with van der Waals surface area (Å²) in [5, 5.41) is 11.4. The van der Waals surface area contributed by atoms with Crippen LogP contribution in [0.3, 0.4) is 0 Å². The lowest BCUT2D eigenvalue weighted by atomic mass is 9.97. The van der Waals surface area contributed by atoms with Gasteiger partial charge in [-0.05, 0) is 45.1 Å². The van der Waals surface area contributed by atoms with Crippen molar-refractivity contribution in [3.8, 4) is 0 Å². The van der Waals surface area contributed by atoms with Crippen molar-refractivity contribution in [1.29, 1.82) is 0 Å². The van der Waals surface area contributed by atoms with Crippen LogP contribution in [0, 0.1) is 5.92 Å². The first-order valence-corrected chi connectivity index (χ1v) is 8.13. The molecule has 2 saturated carbocycles. The molecule has 1 amide bonds. The summed E-state index contributed by atoms with van der Waals surface area (Å²) in [6.45, 7) is 2.49. The molecule has 1 aromatic heterocycles. The van der Waals surface area contributed by atoms with Crippen LogP contribution in [0.4, 0.5) is 0 Å². The number of amides is 1. The molecule has 1 saturated heterocycles. The predicted octanol–water partition coefficient (Wildman–Crippen LogP) is 1.44. The van der Waals surface area contributed by atoms with E-state index in [4.69, 9.17) is 4.42 Å². The van der Waals surface area contributed by atoms with Crippen LogP contribution >= 0.6 is 0 Å². The van der Waals surface area contributed by atoms with E-state index in [1.807, 2.05) is 0 Å². The van der Waals surface area contributed by atoms with E-state index in [0.29, 0.717) is 24.4 Å². The second kappa shape index (κ2) is 5.40. The Hall–Kier alpha value is -1.43. The molecule has 3 aliphatic rings. The lowest BCUT2D eigenvalue weighted by Gasteiger charge is -2.30. The van der Waals surface area contributed by atoms with E-state index >= 15 is 0 Å². The summed E-state index contributed by atoms with van der Waals surface area (Å²) < 4.78 is 5.72. The van der Waals surface area contributed by atoms with Crippen molar-refractivity contribution in [1.82, 2.24) is 20.4 Å². The summed E-state index contributed by atoms with van der Waals surface area (Å²) in [5.41, 5.74) is 0. The predicted molar refractivity (Wildman–Crippen MR) is 75.4 cm³/mol. The second-order valence-electron chi connectivity index (χ2n) is 6.67. The maximum absolute atomic E-state index is 12.2. The lowest BCUT2D eigenvalue weighted by molar-refractivity contribution is -0.127. The smallest absolute Gasteiger partial charge is 0.230 e. The molecule has 0 spiro atoms. The number of hydrogen-bond donors (Lipinski definition) is 1. The molecule has 2 aliphatic carbocycles. The van der Waals surface area contributed by atoms with Gasteiger partial charge in [0.05, 0.1) is 12.5 Å². The molecule has 1 N–H and O–H groups in total. The lowest BCUT2D eigenvalue weighted by Crippen LogP contribution is -2.43. The van der Waals surface area contributed by atoms with Crippen LogP contribution in [0.15, 0.2) is 4.42 Å². The Balaban J connectivity index is 1.32. The highest BCUT2D eigenvalue weighted by atomic mass is 16.4. The van der Waals surface area contributed by atoms with Gasteiger partial charge in [0.2, 0.25) is 17.7 Å². The van der Waals surface area contributed by atoms with Gasteiger partial charge in [0, 0.05) is 18.5 Å². The molecule has 114 valence electrons. The van der Waals surface area contributed by atoms with Crippen LogP contribution in [0.1, 0.15) is 56.2 Å². The third-order valence-corrected chi connectivity index (χ3v) is 4.57. The van der Waals surface area contributed by atoms with Gasteiger partial charge < -0.3 is 9.73 Å². The maximum atomic E-state index is 12.2. The van der Waals surface area contributed by atoms with Crippen LogP contribution in [-0.2, 0) is 11.3 Å². The third-order valence-electron chi connectivity index (χ3n) is 4.57. The fourth-order valence-corrected chi connectivity index (χ4v) is 2.98. The molecule has 0 bridgehead atoms. The number of rotatable bonds is 5. The number of nitrogens with one attached hydrogen (secondary N) is 1. The summed E-state index contributed by atoms with van der Waals surface area (Å²) in [6, 6.07) is 0.449. The molecule has 1 aromatic rings. The topological polar surface area (TPSA) is 71.3 Å². The van der Waals surface area contributed by atoms with Crippen molar-refractivity contribution in [3.63, 3.8) is 0 Å². The van der Waals surface area contributed by atoms with Crippen molar-refractivity contribution < 1.29 is 9.21 Å². The van der Waals surface area contributed by atoms with Crippen molar-refractivity contribution in [3.05, 3.63) is 11.8 Å². The van der Waals surface area contributed by atoms with Gasteiger partial charge in [0.25, 0.3) is 0 Å². The van der Waals surface area contributed by atoms with Gasteiger partial charge in [0.1, 0.15) is 0 Å². The summed E-state index contributed by atoms with van der Waals surface area (Å²) in [7, 11) is 0. The van der Waals surface area contributed by atoms with Crippen LogP contribution in [-0.4, -0.2) is 40.1 Å². The van der Waals surface area contributed by atoms with Crippen molar-refractivity contribution >= 4 is 5.91 Å². The van der Waals surface area contributed by atoms with E-state index in [-0.39, 0.29) is 11.8 Å². The molecule has 3 fully saturated rings. The number of likely N-dealkylation sites (tertiary alicyclic amines) is 1. The van der Waals surface area contributed by atoms with Gasteiger partial charge >= 0.3 is 0 Å². The van der Waals surface area contributed by atoms with Gasteiger partial charge in [-0.25, -0.2) is 0 Å². The van der Waals surface area contributed by atoms with Crippen molar-refractivity contribution in [2.24, 2.45) is 5.92 Å². The van der Waals surface area contributed by atoms with E-state index in [9.17, 15) is 4.79 Å². The molecule has 0 radical (unpaired) electrons. The number of nitrogens with zero attached hydrogens (tertiary/aromatic N) is 3. The molecule has 21 heavy (non-hydrogen) atoms. The highest BCUT2D eigenvalue weighted by Crippen LogP contribution is 2.39. The normalized spacial score (nSPS) is 26.8. The standard InChI is InChI=1S/C15H22N4O2/c20-14(16-12-5-6-12)11-2-1-7-19(8-11)9-13-17-18-15(21-13)10-3-4-10/h10-12H,1-9H2,(H,16,20). The molecule has 1 unspecified atom stereocenters. The summed E-state index contributed by atoms with van der Waals surface area (Å²) >= 11 is 0. The molecule has 0 aromatic carbocycles. The SMILES string of the molecule is O=C(NC1CC1)C1CCCN(Cc2nnc(C3CC3)o2)C1. The zero-order chi connectivity index (χ0) is 14.2. The van der Waals surface area contributed by atoms with E-state index in [2.05, 4.69) is 20.4 Å². The van der Waals surface area contributed by atoms with Gasteiger partial charge in [-0.3, -0.25) is 9.69 Å². The van der Waals surface area contributed by atoms with Crippen LogP contribution in [0.25, 0.3) is 0 Å². The Morgan fingerprint density at radius 2 is 2.10 bits per heavy atom. The Morgan fingerprint density at radius 1 is 1.24 bits per heavy atom. The number of hydrogen-bond acceptors (Lipinski definition) is 5. The Kier molecular flexibility index (Phi) is 3.41. The maximum Gasteiger partial charge on any atom is 0.230 e. The van der Waals surface area contributed by atoms with E-state index in [1.165, 1.54) is 12.8 Å². The fourth-order valence-electron chi connectivity index (χ4n) is 2.98. The van der Waals surface area contributed by atoms with Crippen LogP contribution < -0.4 is 5.32 Å². The number of carbonyl (C=O) groups excluding carboxylic acids is 1. The number of piperidine rings is 1. The minimum atomic E-state index is 0.116. The summed E-state index contributed by atoms with van der Waals surface area (Å²) in [4.78, 5) is 14.4. The van der Waals surface area contributed by atoms with Crippen molar-refractivity contribution in [2.45, 2.75) is 57.0 Å². The van der Waals surface area contributed by atoms with Gasteiger partial charge in [-0.2, -0.15) is 0 Å². The Labute approximate surface area is 124 Å². The van der Waals surface area contributed by atoms with E-state index in [1.54, 1.807) is 0 Å². The zero-order valence-corrected chi connectivity index (χ0v) is 12.3. The Bertz CT molecular complexity index is 521. The molecule has 4 rings (SSSR count). The summed E-state index contributed by atoms with van der Waals surface area (Å²) in [5.74, 6) is 2.34. The highest BCUT2D eigenvalue weighted by molar-refractivity contribution is 5.79. The molecule has 6 nitrogen and oxygen atoms in total. The zero-order valence-electron chi connectivity index (χ0n) is 12.3. The average molecular weight is 290 g/mol. The minimum absolute atomic E-state index is 0.116. The Morgan fingerprint density at radius 3 is 2.86 bits per heavy atom. The fraction of sp³-hybridized carbons (Fsp3) is 0.800. The monoisotopic (exact) mass is 290 g/mol. The van der Waals surface area contributed by atoms with E-state index < -0.39 is 0 Å². The van der Waals surface area contributed by atoms with Crippen LogP contribution in [0.5, 0.6) is 0 Å². The summed E-state index contributed by atoms with van der Waals surface area (Å²) in [6.07, 6.45) is 6.70. The molecule has 1 atom stereocenters. The first kappa shape index (κ1) is 13.2. The first-order chi connectivity index (χ1) is 10.3. The van der Waals surface area contributed by atoms with Gasteiger partial charge in [-0.1, -0.05) is 0 Å². The van der Waals surface area contributed by atoms with Crippen LogP contribution in [0.2, 0.25) is 0 Å². The number of carbonyl (C=O) groups is 1. The first-order valence-electron chi connectivity index (χ1n) is 8.13. The number of aromatic nitrogens is 2. The second-order valence-corrected chi connectivity index (χ2v) is 6.67. The van der Waals surface area contributed by atoms with Crippen molar-refractivity contribution in [2.75, 3.05) is 13.1 Å². The minimum Gasteiger partial charge on any atom is -0.424 e. The third kappa shape index (κ3) is 3.26. The molecular weight excluding hydrogens is 268 g/mol. The largest absolute Gasteiger partial charge is 0.424 e. The quantitative estimate of drug-likeness (QED) is 0.888. The average Bonchev–Trinajstić information content (AvgIpc) is 3.41. The molecule has 6 heteroatoms. The highest BCUT2D eigenvalue weighted by Gasteiger charge is 2.32. The molecule has 1 aliphatic heterocycles. The van der Waals surface area contributed by atoms with Gasteiger partial charge in [-0.15, -0.1) is 10.2 Å². The van der Waals surface area contributed by atoms with E-state index in [0.717, 1.165) is 44.7 Å².